The largest absolute Gasteiger partial charge is 0.493 e. The highest BCUT2D eigenvalue weighted by molar-refractivity contribution is 7.85. The van der Waals surface area contributed by atoms with Crippen molar-refractivity contribution in [1.82, 2.24) is 0 Å². The molecular weight excluding hydrogens is 403 g/mol. The van der Waals surface area contributed by atoms with E-state index < -0.39 is 51.6 Å². The molecule has 1 aromatic rings. The summed E-state index contributed by atoms with van der Waals surface area (Å²) in [6, 6.07) is 2.33. The van der Waals surface area contributed by atoms with Crippen molar-refractivity contribution in [2.75, 3.05) is 6.61 Å². The molecule has 1 atom stereocenters. The standard InChI is InChI=1S/C16H18F7NO2S/c1-14(2,3)27(25)24-13(16(21,22)23)11-6-5-10(9-12(11)17)26-8-4-7-15(18,19)20/h5-6,9H,4,7-8H2,1-3H3/b24-13+/t27-/m0/s1. The Morgan fingerprint density at radius 2 is 1.70 bits per heavy atom. The smallest absolute Gasteiger partial charge is 0.434 e. The van der Waals surface area contributed by atoms with Gasteiger partial charge in [-0.25, -0.2) is 8.60 Å². The summed E-state index contributed by atoms with van der Waals surface area (Å²) >= 11 is 0. The van der Waals surface area contributed by atoms with Crippen LogP contribution in [0.3, 0.4) is 0 Å². The molecule has 0 saturated heterocycles. The summed E-state index contributed by atoms with van der Waals surface area (Å²) < 4.78 is 109. The number of nitrogens with zero attached hydrogens (tertiary/aromatic N) is 1. The second-order valence-electron chi connectivity index (χ2n) is 6.51. The van der Waals surface area contributed by atoms with Crippen molar-refractivity contribution in [3.63, 3.8) is 0 Å². The molecule has 0 aliphatic carbocycles. The van der Waals surface area contributed by atoms with E-state index in [1.165, 1.54) is 20.8 Å². The van der Waals surface area contributed by atoms with Gasteiger partial charge in [0.25, 0.3) is 0 Å². The van der Waals surface area contributed by atoms with Crippen LogP contribution in [-0.2, 0) is 11.0 Å². The molecule has 1 aromatic carbocycles. The van der Waals surface area contributed by atoms with Gasteiger partial charge < -0.3 is 4.74 Å². The molecular formula is C16H18F7NO2S. The Labute approximate surface area is 154 Å². The number of ether oxygens (including phenoxy) is 1. The molecule has 0 amide bonds. The Bertz CT molecular complexity index is 706. The fourth-order valence-electron chi connectivity index (χ4n) is 1.71. The van der Waals surface area contributed by atoms with Gasteiger partial charge in [-0.15, -0.1) is 0 Å². The highest BCUT2D eigenvalue weighted by Gasteiger charge is 2.40. The average Bonchev–Trinajstić information content (AvgIpc) is 2.46. The first-order valence-corrected chi connectivity index (χ1v) is 8.79. The zero-order valence-corrected chi connectivity index (χ0v) is 15.5. The zero-order chi connectivity index (χ0) is 21.0. The first-order valence-electron chi connectivity index (χ1n) is 7.68. The third-order valence-electron chi connectivity index (χ3n) is 3.04. The van der Waals surface area contributed by atoms with Gasteiger partial charge in [0, 0.05) is 18.1 Å². The van der Waals surface area contributed by atoms with Crippen LogP contribution in [0.4, 0.5) is 30.7 Å². The number of benzene rings is 1. The van der Waals surface area contributed by atoms with Crippen molar-refractivity contribution in [3.05, 3.63) is 29.6 Å². The lowest BCUT2D eigenvalue weighted by Crippen LogP contribution is -2.29. The van der Waals surface area contributed by atoms with Crippen molar-refractivity contribution < 1.29 is 39.7 Å². The van der Waals surface area contributed by atoms with Gasteiger partial charge in [0.05, 0.1) is 11.4 Å². The summed E-state index contributed by atoms with van der Waals surface area (Å²) in [7, 11) is -2.28. The minimum atomic E-state index is -5.06. The van der Waals surface area contributed by atoms with Crippen molar-refractivity contribution in [1.29, 1.82) is 0 Å². The zero-order valence-electron chi connectivity index (χ0n) is 14.7. The van der Waals surface area contributed by atoms with Gasteiger partial charge in [0.15, 0.2) is 5.71 Å². The van der Waals surface area contributed by atoms with Crippen LogP contribution in [-0.4, -0.2) is 33.6 Å². The maximum atomic E-state index is 14.1. The molecule has 0 radical (unpaired) electrons. The average molecular weight is 421 g/mol. The van der Waals surface area contributed by atoms with Crippen molar-refractivity contribution in [2.45, 2.75) is 50.7 Å². The quantitative estimate of drug-likeness (QED) is 0.352. The van der Waals surface area contributed by atoms with E-state index in [4.69, 9.17) is 4.74 Å². The molecule has 11 heteroatoms. The maximum absolute atomic E-state index is 14.1. The summed E-state index contributed by atoms with van der Waals surface area (Å²) in [6.07, 6.45) is -10.9. The lowest BCUT2D eigenvalue weighted by molar-refractivity contribution is -0.136. The molecule has 0 aliphatic heterocycles. The van der Waals surface area contributed by atoms with Crippen molar-refractivity contribution >= 4 is 16.7 Å². The second kappa shape index (κ2) is 8.57. The maximum Gasteiger partial charge on any atom is 0.434 e. The Morgan fingerprint density at radius 3 is 2.15 bits per heavy atom. The fraction of sp³-hybridized carbons (Fsp3) is 0.562. The minimum absolute atomic E-state index is 0.225. The summed E-state index contributed by atoms with van der Waals surface area (Å²) in [6.45, 7) is 3.85. The van der Waals surface area contributed by atoms with Crippen molar-refractivity contribution in [2.24, 2.45) is 4.40 Å². The van der Waals surface area contributed by atoms with Gasteiger partial charge >= 0.3 is 12.4 Å². The Balaban J connectivity index is 3.03. The monoisotopic (exact) mass is 421 g/mol. The van der Waals surface area contributed by atoms with Gasteiger partial charge in [-0.3, -0.25) is 0 Å². The molecule has 0 heterocycles. The molecule has 1 rings (SSSR count). The van der Waals surface area contributed by atoms with E-state index in [2.05, 4.69) is 4.40 Å². The Kier molecular flexibility index (Phi) is 7.43. The van der Waals surface area contributed by atoms with Crippen LogP contribution in [0.2, 0.25) is 0 Å². The van der Waals surface area contributed by atoms with E-state index in [9.17, 15) is 34.9 Å². The number of alkyl halides is 6. The van der Waals surface area contributed by atoms with Crippen LogP contribution in [0.15, 0.2) is 22.6 Å². The lowest BCUT2D eigenvalue weighted by atomic mass is 10.1. The third kappa shape index (κ3) is 7.86. The fourth-order valence-corrected chi connectivity index (χ4v) is 2.36. The second-order valence-corrected chi connectivity index (χ2v) is 8.41. The highest BCUT2D eigenvalue weighted by atomic mass is 32.2. The van der Waals surface area contributed by atoms with Crippen LogP contribution in [0.25, 0.3) is 0 Å². The van der Waals surface area contributed by atoms with Gasteiger partial charge in [-0.05, 0) is 39.3 Å². The molecule has 0 N–H and O–H groups in total. The van der Waals surface area contributed by atoms with E-state index in [0.29, 0.717) is 6.07 Å². The first kappa shape index (κ1) is 23.4. The lowest BCUT2D eigenvalue weighted by Gasteiger charge is -2.17. The molecule has 0 fully saturated rings. The van der Waals surface area contributed by atoms with Gasteiger partial charge in [0.1, 0.15) is 22.6 Å². The van der Waals surface area contributed by atoms with Gasteiger partial charge in [-0.2, -0.15) is 30.7 Å². The van der Waals surface area contributed by atoms with E-state index in [1.807, 2.05) is 0 Å². The normalized spacial score (nSPS) is 15.0. The molecule has 0 spiro atoms. The predicted octanol–water partition coefficient (Wildman–Crippen LogP) is 5.36. The van der Waals surface area contributed by atoms with Crippen LogP contribution >= 0.6 is 0 Å². The topological polar surface area (TPSA) is 38.7 Å². The van der Waals surface area contributed by atoms with Crippen molar-refractivity contribution in [3.8, 4) is 5.75 Å². The van der Waals surface area contributed by atoms with E-state index >= 15 is 0 Å². The summed E-state index contributed by atoms with van der Waals surface area (Å²) in [5.74, 6) is -1.57. The van der Waals surface area contributed by atoms with E-state index in [-0.39, 0.29) is 18.8 Å². The molecule has 0 aliphatic rings. The molecule has 0 unspecified atom stereocenters. The predicted molar refractivity (Wildman–Crippen MR) is 87.7 cm³/mol. The van der Waals surface area contributed by atoms with Crippen LogP contribution < -0.4 is 4.74 Å². The van der Waals surface area contributed by atoms with Crippen LogP contribution in [0.5, 0.6) is 5.75 Å². The molecule has 0 saturated carbocycles. The Hall–Kier alpha value is -1.65. The molecule has 154 valence electrons. The molecule has 3 nitrogen and oxygen atoms in total. The summed E-state index contributed by atoms with van der Waals surface area (Å²) in [5.41, 5.74) is -2.57. The van der Waals surface area contributed by atoms with E-state index in [1.54, 1.807) is 0 Å². The SMILES string of the molecule is CC(C)(C)[S@](=O)/N=C(\c1ccc(OCCCC(F)(F)F)cc1F)C(F)(F)F. The summed E-state index contributed by atoms with van der Waals surface area (Å²) in [5, 5.41) is 0. The number of hydrogen-bond acceptors (Lipinski definition) is 2. The van der Waals surface area contributed by atoms with Gasteiger partial charge in [0.2, 0.25) is 0 Å². The first-order chi connectivity index (χ1) is 12.1. The van der Waals surface area contributed by atoms with E-state index in [0.717, 1.165) is 12.1 Å². The minimum Gasteiger partial charge on any atom is -0.493 e. The molecule has 27 heavy (non-hydrogen) atoms. The number of halogens is 7. The summed E-state index contributed by atoms with van der Waals surface area (Å²) in [4.78, 5) is 0. The van der Waals surface area contributed by atoms with Gasteiger partial charge in [-0.1, -0.05) is 0 Å². The third-order valence-corrected chi connectivity index (χ3v) is 4.43. The number of rotatable bonds is 6. The molecule has 0 bridgehead atoms. The molecule has 0 aromatic heterocycles. The highest BCUT2D eigenvalue weighted by Crippen LogP contribution is 2.28. The number of hydrogen-bond donors (Lipinski definition) is 0. The Morgan fingerprint density at radius 1 is 1.11 bits per heavy atom. The van der Waals surface area contributed by atoms with Crippen LogP contribution in [0.1, 0.15) is 39.2 Å². The van der Waals surface area contributed by atoms with Crippen LogP contribution in [0, 0.1) is 5.82 Å².